The summed E-state index contributed by atoms with van der Waals surface area (Å²) in [6.07, 6.45) is 3.16. The molecular weight excluding hydrogens is 522 g/mol. The Morgan fingerprint density at radius 2 is 1.94 bits per heavy atom. The van der Waals surface area contributed by atoms with Gasteiger partial charge in [-0.1, -0.05) is 31.0 Å². The topological polar surface area (TPSA) is 88.1 Å². The Morgan fingerprint density at radius 1 is 1.19 bits per heavy atom. The van der Waals surface area contributed by atoms with E-state index in [9.17, 15) is 12.6 Å². The quantitative estimate of drug-likeness (QED) is 0.478. The van der Waals surface area contributed by atoms with E-state index in [1.54, 1.807) is 24.3 Å². The molecule has 11 heteroatoms. The number of sulfonamides is 1. The Hall–Kier alpha value is -1.95. The molecule has 1 fully saturated rings. The van der Waals surface area contributed by atoms with Gasteiger partial charge < -0.3 is 0 Å². The fourth-order valence-corrected chi connectivity index (χ4v) is 7.78. The second-order valence-corrected chi connectivity index (χ2v) is 11.9. The molecule has 2 heterocycles. The number of thiophene rings is 1. The minimum Gasteiger partial charge on any atom is -0.269 e. The van der Waals surface area contributed by atoms with E-state index in [-0.39, 0.29) is 4.90 Å². The molecule has 0 amide bonds. The number of rotatable bonds is 7. The minimum absolute atomic E-state index is 0.192. The molecule has 31 heavy (non-hydrogen) atoms. The molecular formula is C20H18BrN3O4S3. The van der Waals surface area contributed by atoms with Gasteiger partial charge in [-0.25, -0.2) is 8.42 Å². The van der Waals surface area contributed by atoms with E-state index in [1.807, 2.05) is 24.3 Å². The third kappa shape index (κ3) is 4.11. The van der Waals surface area contributed by atoms with Crippen molar-refractivity contribution in [3.63, 3.8) is 0 Å². The molecule has 5 rings (SSSR count). The molecule has 1 saturated carbocycles. The molecule has 1 atom stereocenters. The summed E-state index contributed by atoms with van der Waals surface area (Å²) in [5, 5.41) is 5.39. The van der Waals surface area contributed by atoms with E-state index in [0.717, 1.165) is 33.8 Å². The van der Waals surface area contributed by atoms with Gasteiger partial charge in [0.15, 0.2) is 5.84 Å². The summed E-state index contributed by atoms with van der Waals surface area (Å²) in [5.74, 6) is 0.903. The zero-order valence-electron chi connectivity index (χ0n) is 16.2. The van der Waals surface area contributed by atoms with Gasteiger partial charge in [-0.05, 0) is 63.8 Å². The summed E-state index contributed by atoms with van der Waals surface area (Å²) in [6.45, 7) is 0.432. The number of halogens is 1. The summed E-state index contributed by atoms with van der Waals surface area (Å²) in [5.41, 5.74) is 0.595. The highest BCUT2D eigenvalue weighted by molar-refractivity contribution is 9.10. The lowest BCUT2D eigenvalue weighted by molar-refractivity contribution is 0.385. The maximum Gasteiger partial charge on any atom is 0.338 e. The van der Waals surface area contributed by atoms with E-state index in [4.69, 9.17) is 0 Å². The molecule has 1 aromatic heterocycles. The predicted octanol–water partition coefficient (Wildman–Crippen LogP) is 4.52. The first-order valence-electron chi connectivity index (χ1n) is 9.67. The summed E-state index contributed by atoms with van der Waals surface area (Å²) in [6, 6.07) is 14.2. The van der Waals surface area contributed by atoms with E-state index < -0.39 is 21.3 Å². The summed E-state index contributed by atoms with van der Waals surface area (Å²) in [7, 11) is -3.78. The molecule has 7 nitrogen and oxygen atoms in total. The first-order valence-corrected chi connectivity index (χ1v) is 13.8. The van der Waals surface area contributed by atoms with Crippen molar-refractivity contribution < 1.29 is 16.9 Å². The number of hydrogen-bond acceptors (Lipinski definition) is 6. The Kier molecular flexibility index (Phi) is 5.53. The summed E-state index contributed by atoms with van der Waals surface area (Å²) >= 11 is 3.41. The molecule has 1 aliphatic heterocycles. The van der Waals surface area contributed by atoms with Crippen LogP contribution in [0.5, 0.6) is 0 Å². The molecule has 2 aromatic carbocycles. The fraction of sp³-hybridized carbons (Fsp3) is 0.250. The molecule has 0 spiro atoms. The SMILES string of the molecule is O=S1NC(c2ccc(S(=O)(=O)N(CCC3CC3)c3sc4ccccc4c3Br)cc2)=NO1. The summed E-state index contributed by atoms with van der Waals surface area (Å²) < 4.78 is 49.2. The van der Waals surface area contributed by atoms with Crippen LogP contribution in [0.2, 0.25) is 0 Å². The highest BCUT2D eigenvalue weighted by Gasteiger charge is 2.31. The van der Waals surface area contributed by atoms with Crippen LogP contribution >= 0.6 is 27.3 Å². The second kappa shape index (κ2) is 8.19. The van der Waals surface area contributed by atoms with Crippen LogP contribution in [0.1, 0.15) is 24.8 Å². The second-order valence-electron chi connectivity index (χ2n) is 7.40. The fourth-order valence-electron chi connectivity index (χ4n) is 3.41. The molecule has 3 aromatic rings. The van der Waals surface area contributed by atoms with Crippen molar-refractivity contribution in [2.45, 2.75) is 24.2 Å². The van der Waals surface area contributed by atoms with Crippen molar-refractivity contribution in [2.24, 2.45) is 11.1 Å². The van der Waals surface area contributed by atoms with Crippen LogP contribution in [0.25, 0.3) is 10.1 Å². The minimum atomic E-state index is -3.78. The monoisotopic (exact) mass is 539 g/mol. The molecule has 1 unspecified atom stereocenters. The Bertz CT molecular complexity index is 1300. The average Bonchev–Trinajstić information content (AvgIpc) is 3.41. The van der Waals surface area contributed by atoms with Gasteiger partial charge in [0.05, 0.1) is 9.37 Å². The first-order chi connectivity index (χ1) is 14.9. The number of hydrogen-bond donors (Lipinski definition) is 1. The third-order valence-corrected chi connectivity index (χ3v) is 10.0. The Balaban J connectivity index is 1.51. The number of oxime groups is 1. The molecule has 0 saturated heterocycles. The number of fused-ring (bicyclic) bond motifs is 1. The van der Waals surface area contributed by atoms with Crippen LogP contribution in [-0.4, -0.2) is 25.0 Å². The van der Waals surface area contributed by atoms with Gasteiger partial charge in [0, 0.05) is 22.2 Å². The Morgan fingerprint density at radius 3 is 2.58 bits per heavy atom. The Labute approximate surface area is 195 Å². The highest BCUT2D eigenvalue weighted by atomic mass is 79.9. The van der Waals surface area contributed by atoms with Gasteiger partial charge in [0.25, 0.3) is 10.0 Å². The van der Waals surface area contributed by atoms with Crippen molar-refractivity contribution in [2.75, 3.05) is 10.8 Å². The van der Waals surface area contributed by atoms with E-state index in [2.05, 4.69) is 30.1 Å². The van der Waals surface area contributed by atoms with Crippen LogP contribution in [-0.2, 0) is 25.6 Å². The lowest BCUT2D eigenvalue weighted by Crippen LogP contribution is -2.32. The van der Waals surface area contributed by atoms with Crippen molar-refractivity contribution >= 4 is 69.5 Å². The average molecular weight is 540 g/mol. The van der Waals surface area contributed by atoms with Crippen molar-refractivity contribution in [3.8, 4) is 0 Å². The summed E-state index contributed by atoms with van der Waals surface area (Å²) in [4.78, 5) is 0.192. The highest BCUT2D eigenvalue weighted by Crippen LogP contribution is 2.44. The van der Waals surface area contributed by atoms with Gasteiger partial charge in [0.2, 0.25) is 0 Å². The van der Waals surface area contributed by atoms with E-state index >= 15 is 0 Å². The molecule has 162 valence electrons. The number of nitrogens with zero attached hydrogens (tertiary/aromatic N) is 2. The van der Waals surface area contributed by atoms with Gasteiger partial charge in [-0.2, -0.15) is 4.21 Å². The maximum atomic E-state index is 13.7. The smallest absolute Gasteiger partial charge is 0.269 e. The number of amidine groups is 1. The van der Waals surface area contributed by atoms with Crippen LogP contribution < -0.4 is 9.03 Å². The maximum absolute atomic E-state index is 13.7. The van der Waals surface area contributed by atoms with Gasteiger partial charge in [0.1, 0.15) is 5.00 Å². The van der Waals surface area contributed by atoms with Gasteiger partial charge >= 0.3 is 11.3 Å². The lowest BCUT2D eigenvalue weighted by atomic mass is 10.2. The zero-order valence-corrected chi connectivity index (χ0v) is 20.2. The molecule has 0 bridgehead atoms. The predicted molar refractivity (Wildman–Crippen MR) is 127 cm³/mol. The van der Waals surface area contributed by atoms with E-state index in [1.165, 1.54) is 15.6 Å². The largest absolute Gasteiger partial charge is 0.338 e. The third-order valence-electron chi connectivity index (χ3n) is 5.27. The molecule has 1 aliphatic carbocycles. The zero-order chi connectivity index (χ0) is 21.6. The molecule has 0 radical (unpaired) electrons. The van der Waals surface area contributed by atoms with Crippen LogP contribution in [0.3, 0.4) is 0 Å². The number of nitrogens with one attached hydrogen (secondary N) is 1. The number of anilines is 1. The van der Waals surface area contributed by atoms with Crippen molar-refractivity contribution in [3.05, 3.63) is 58.6 Å². The molecule has 1 N–H and O–H groups in total. The van der Waals surface area contributed by atoms with E-state index in [0.29, 0.717) is 28.9 Å². The van der Waals surface area contributed by atoms with Crippen molar-refractivity contribution in [1.82, 2.24) is 4.72 Å². The van der Waals surface area contributed by atoms with Crippen LogP contribution in [0.15, 0.2) is 63.1 Å². The van der Waals surface area contributed by atoms with Crippen LogP contribution in [0.4, 0.5) is 5.00 Å². The molecule has 2 aliphatic rings. The van der Waals surface area contributed by atoms with Gasteiger partial charge in [-0.15, -0.1) is 11.3 Å². The van der Waals surface area contributed by atoms with Gasteiger partial charge in [-0.3, -0.25) is 13.3 Å². The normalized spacial score (nSPS) is 18.5. The van der Waals surface area contributed by atoms with Crippen molar-refractivity contribution in [1.29, 1.82) is 0 Å². The first kappa shape index (κ1) is 20.9. The van der Waals surface area contributed by atoms with Crippen LogP contribution in [0, 0.1) is 5.92 Å². The lowest BCUT2D eigenvalue weighted by Gasteiger charge is -2.23. The number of benzene rings is 2. The standard InChI is InChI=1S/C20H18BrN3O4S3/c21-18-16-3-1-2-4-17(16)29-20(18)24(12-11-13-5-6-13)31(26,27)15-9-7-14(8-10-15)19-22-28-30(25)23-19/h1-4,7-10,13H,5-6,11-12H2,(H,22,23).